The first-order valence-corrected chi connectivity index (χ1v) is 6.29. The van der Waals surface area contributed by atoms with Crippen molar-refractivity contribution >= 4 is 34.5 Å². The molecule has 0 radical (unpaired) electrons. The van der Waals surface area contributed by atoms with Crippen LogP contribution in [0.3, 0.4) is 0 Å². The molecule has 22 heavy (non-hydrogen) atoms. The van der Waals surface area contributed by atoms with E-state index < -0.39 is 73.0 Å². The third-order valence-electron chi connectivity index (χ3n) is 3.18. The highest BCUT2D eigenvalue weighted by Crippen LogP contribution is 2.35. The van der Waals surface area contributed by atoms with Gasteiger partial charge in [-0.3, -0.25) is 0 Å². The molecule has 0 unspecified atom stereocenters. The van der Waals surface area contributed by atoms with Crippen LogP contribution < -0.4 is 5.46 Å². The lowest BCUT2D eigenvalue weighted by molar-refractivity contribution is 0.426. The maximum atomic E-state index is 9.66. The van der Waals surface area contributed by atoms with Gasteiger partial charge in [0.15, 0.2) is 0 Å². The lowest BCUT2D eigenvalue weighted by Crippen LogP contribution is -2.29. The van der Waals surface area contributed by atoms with Gasteiger partial charge in [0.25, 0.3) is 0 Å². The lowest BCUT2D eigenvalue weighted by atomic mass is 9.79. The molecule has 1 aromatic heterocycles. The molecule has 3 nitrogen and oxygen atoms in total. The molecule has 0 saturated heterocycles. The van der Waals surface area contributed by atoms with E-state index in [0.29, 0.717) is 0 Å². The Balaban J connectivity index is 2.34. The highest BCUT2D eigenvalue weighted by molar-refractivity contribution is 6.59. The van der Waals surface area contributed by atoms with Crippen LogP contribution in [0.2, 0.25) is 0 Å². The summed E-state index contributed by atoms with van der Waals surface area (Å²) in [5, 5.41) is 19.0. The zero-order valence-electron chi connectivity index (χ0n) is 21.0. The van der Waals surface area contributed by atoms with E-state index in [1.165, 1.54) is 0 Å². The summed E-state index contributed by atoms with van der Waals surface area (Å²) in [4.78, 5) is 0. The van der Waals surface area contributed by atoms with E-state index in [9.17, 15) is 10.0 Å². The molecular weight excluding hydrogens is 275 g/mol. The quantitative estimate of drug-likeness (QED) is 0.559. The van der Waals surface area contributed by atoms with E-state index in [2.05, 4.69) is 0 Å². The fourth-order valence-electron chi connectivity index (χ4n) is 2.23. The zero-order chi connectivity index (χ0) is 23.8. The molecule has 0 aliphatic rings. The third kappa shape index (κ3) is 2.01. The predicted octanol–water partition coefficient (Wildman–Crippen LogP) is 2.93. The molecule has 0 amide bonds. The molecule has 2 N–H and O–H groups in total. The Morgan fingerprint density at radius 3 is 2.50 bits per heavy atom. The molecule has 106 valence electrons. The van der Waals surface area contributed by atoms with E-state index in [1.807, 2.05) is 0 Å². The number of hydrogen-bond acceptors (Lipinski definition) is 3. The van der Waals surface area contributed by atoms with Gasteiger partial charge in [0.05, 0.1) is 13.7 Å². The maximum Gasteiger partial charge on any atom is 0.488 e. The summed E-state index contributed by atoms with van der Waals surface area (Å²) in [6, 6.07) is -4.63. The largest absolute Gasteiger partial charge is 0.488 e. The van der Waals surface area contributed by atoms with Crippen LogP contribution in [0.15, 0.2) is 70.9 Å². The summed E-state index contributed by atoms with van der Waals surface area (Å²) >= 11 is 0. The van der Waals surface area contributed by atoms with Gasteiger partial charge in [-0.15, -0.1) is 0 Å². The number of hydrogen-bond donors (Lipinski definition) is 2. The summed E-state index contributed by atoms with van der Waals surface area (Å²) < 4.78 is 86.6. The van der Waals surface area contributed by atoms with Crippen molar-refractivity contribution in [2.24, 2.45) is 0 Å². The average molecular weight is 298 g/mol. The first-order valence-electron chi connectivity index (χ1n) is 11.3. The van der Waals surface area contributed by atoms with Crippen LogP contribution in [-0.2, 0) is 0 Å². The Hall–Kier alpha value is -2.56. The second-order valence-electron chi connectivity index (χ2n) is 4.50. The second kappa shape index (κ2) is 5.02. The van der Waals surface area contributed by atoms with Gasteiger partial charge in [-0.25, -0.2) is 0 Å². The minimum Gasteiger partial charge on any atom is -0.456 e. The number of fused-ring (bicyclic) bond motifs is 3. The fraction of sp³-hybridized carbons (Fsp3) is 0. The number of furan rings is 1. The van der Waals surface area contributed by atoms with Crippen molar-refractivity contribution in [1.82, 2.24) is 0 Å². The fourth-order valence-corrected chi connectivity index (χ4v) is 2.23. The van der Waals surface area contributed by atoms with Crippen molar-refractivity contribution in [1.29, 1.82) is 0 Å². The molecule has 4 heteroatoms. The minimum atomic E-state index is -2.26. The van der Waals surface area contributed by atoms with Gasteiger partial charge >= 0.3 is 7.12 Å². The van der Waals surface area contributed by atoms with Gasteiger partial charge in [0, 0.05) is 10.8 Å². The molecule has 3 aromatic carbocycles. The highest BCUT2D eigenvalue weighted by Gasteiger charge is 2.16. The van der Waals surface area contributed by atoms with Gasteiger partial charge < -0.3 is 14.5 Å². The van der Waals surface area contributed by atoms with Crippen LogP contribution in [0.25, 0.3) is 33.1 Å². The van der Waals surface area contributed by atoms with Gasteiger partial charge in [-0.1, -0.05) is 54.4 Å². The van der Waals surface area contributed by atoms with E-state index in [0.717, 1.165) is 6.07 Å². The van der Waals surface area contributed by atoms with Crippen LogP contribution in [0.1, 0.15) is 13.7 Å². The van der Waals surface area contributed by atoms with E-state index >= 15 is 0 Å². The van der Waals surface area contributed by atoms with Crippen molar-refractivity contribution < 1.29 is 28.2 Å². The summed E-state index contributed by atoms with van der Waals surface area (Å²) in [5.41, 5.74) is -1.61. The molecule has 0 spiro atoms. The highest BCUT2D eigenvalue weighted by atomic mass is 16.4. The first-order chi connectivity index (χ1) is 14.9. The first kappa shape index (κ1) is 6.28. The van der Waals surface area contributed by atoms with Gasteiger partial charge in [-0.2, -0.15) is 0 Å². The standard InChI is InChI=1S/C18H13BO3/c20-19(21)13-9-10-16-15(11-13)18-14(7-4-8-17(18)22-16)12-5-2-1-3-6-12/h1-11,20-21H/i1D,2D,3D,4D,5D,6D,8D,9D,10D,11D. The van der Waals surface area contributed by atoms with Crippen LogP contribution in [0.4, 0.5) is 0 Å². The van der Waals surface area contributed by atoms with E-state index in [-0.39, 0.29) is 33.1 Å². The summed E-state index contributed by atoms with van der Waals surface area (Å²) in [6.07, 6.45) is 0. The Bertz CT molecular complexity index is 1440. The summed E-state index contributed by atoms with van der Waals surface area (Å²) in [7, 11) is -2.26. The Kier molecular flexibility index (Phi) is 1.43. The monoisotopic (exact) mass is 298 g/mol. The SMILES string of the molecule is [2H]c1cc(-c2c([2H])c([2H])c([2H])c([2H])c2[2H])c2c(oc3c([2H])c([2H])c(B(O)O)c([2H])c32)c1[2H]. The molecule has 0 fully saturated rings. The van der Waals surface area contributed by atoms with Gasteiger partial charge in [-0.05, 0) is 28.7 Å². The Morgan fingerprint density at radius 1 is 0.909 bits per heavy atom. The lowest BCUT2D eigenvalue weighted by Gasteiger charge is -2.04. The molecule has 0 atom stereocenters. The van der Waals surface area contributed by atoms with Crippen LogP contribution >= 0.6 is 0 Å². The van der Waals surface area contributed by atoms with Crippen LogP contribution in [0.5, 0.6) is 0 Å². The topological polar surface area (TPSA) is 53.6 Å². The Morgan fingerprint density at radius 2 is 1.73 bits per heavy atom. The second-order valence-corrected chi connectivity index (χ2v) is 4.50. The third-order valence-corrected chi connectivity index (χ3v) is 3.18. The van der Waals surface area contributed by atoms with Crippen LogP contribution in [0, 0.1) is 0 Å². The van der Waals surface area contributed by atoms with Crippen molar-refractivity contribution in [3.63, 3.8) is 0 Å². The predicted molar refractivity (Wildman–Crippen MR) is 89.0 cm³/mol. The van der Waals surface area contributed by atoms with Crippen molar-refractivity contribution in [3.8, 4) is 11.1 Å². The molecule has 0 saturated carbocycles. The van der Waals surface area contributed by atoms with Gasteiger partial charge in [0.1, 0.15) is 11.2 Å². The molecule has 0 aliphatic heterocycles. The van der Waals surface area contributed by atoms with Crippen molar-refractivity contribution in [2.45, 2.75) is 0 Å². The molecular formula is C18H13BO3. The van der Waals surface area contributed by atoms with E-state index in [1.54, 1.807) is 0 Å². The van der Waals surface area contributed by atoms with E-state index in [4.69, 9.17) is 18.1 Å². The smallest absolute Gasteiger partial charge is 0.456 e. The van der Waals surface area contributed by atoms with Gasteiger partial charge in [0.2, 0.25) is 0 Å². The van der Waals surface area contributed by atoms with Crippen molar-refractivity contribution in [2.75, 3.05) is 0 Å². The zero-order valence-corrected chi connectivity index (χ0v) is 11.0. The molecule has 1 heterocycles. The molecule has 0 aliphatic carbocycles. The normalized spacial score (nSPS) is 17.5. The number of rotatable bonds is 2. The van der Waals surface area contributed by atoms with Crippen LogP contribution in [-0.4, -0.2) is 17.2 Å². The average Bonchev–Trinajstić information content (AvgIpc) is 3.14. The Labute approximate surface area is 141 Å². The number of benzene rings is 3. The molecule has 4 aromatic rings. The summed E-state index contributed by atoms with van der Waals surface area (Å²) in [6.45, 7) is 0. The maximum absolute atomic E-state index is 9.66. The molecule has 0 bridgehead atoms. The summed E-state index contributed by atoms with van der Waals surface area (Å²) in [5.74, 6) is 0. The minimum absolute atomic E-state index is 0.0973. The molecule has 4 rings (SSSR count). The van der Waals surface area contributed by atoms with Crippen molar-refractivity contribution in [3.05, 3.63) is 66.5 Å².